The Kier molecular flexibility index (Phi) is 5.85. The van der Waals surface area contributed by atoms with Gasteiger partial charge in [0.1, 0.15) is 17.9 Å². The molecule has 1 heterocycles. The van der Waals surface area contributed by atoms with Crippen molar-refractivity contribution in [3.63, 3.8) is 0 Å². The molecule has 2 rings (SSSR count). The van der Waals surface area contributed by atoms with Crippen LogP contribution in [0.2, 0.25) is 5.02 Å². The third-order valence-corrected chi connectivity index (χ3v) is 3.80. The molecule has 0 radical (unpaired) electrons. The van der Waals surface area contributed by atoms with Crippen molar-refractivity contribution in [3.05, 3.63) is 29.3 Å². The number of likely N-dealkylation sites (tertiary alicyclic amines) is 1. The van der Waals surface area contributed by atoms with E-state index in [1.165, 1.54) is 7.11 Å². The van der Waals surface area contributed by atoms with Crippen molar-refractivity contribution in [2.24, 2.45) is 5.73 Å². The highest BCUT2D eigenvalue weighted by Crippen LogP contribution is 2.26. The molecule has 6 heteroatoms. The van der Waals surface area contributed by atoms with E-state index in [1.54, 1.807) is 11.0 Å². The fourth-order valence-corrected chi connectivity index (χ4v) is 2.62. The van der Waals surface area contributed by atoms with Crippen LogP contribution in [0, 0.1) is 0 Å². The molecule has 1 saturated heterocycles. The van der Waals surface area contributed by atoms with Crippen molar-refractivity contribution >= 4 is 17.5 Å². The van der Waals surface area contributed by atoms with Gasteiger partial charge >= 0.3 is 0 Å². The molecule has 2 unspecified atom stereocenters. The lowest BCUT2D eigenvalue weighted by Crippen LogP contribution is -2.51. The van der Waals surface area contributed by atoms with Gasteiger partial charge in [0.05, 0.1) is 18.2 Å². The van der Waals surface area contributed by atoms with Gasteiger partial charge in [-0.2, -0.15) is 0 Å². The smallest absolute Gasteiger partial charge is 0.242 e. The molecule has 1 aliphatic heterocycles. The molecule has 2 N–H and O–H groups in total. The van der Waals surface area contributed by atoms with Gasteiger partial charge in [-0.1, -0.05) is 23.7 Å². The highest BCUT2D eigenvalue weighted by molar-refractivity contribution is 6.32. The van der Waals surface area contributed by atoms with Gasteiger partial charge in [0.25, 0.3) is 0 Å². The van der Waals surface area contributed by atoms with E-state index in [2.05, 4.69) is 0 Å². The number of halogens is 1. The maximum absolute atomic E-state index is 12.2. The zero-order chi connectivity index (χ0) is 15.2. The predicted octanol–water partition coefficient (Wildman–Crippen LogP) is 1.68. The third-order valence-electron chi connectivity index (χ3n) is 3.48. The lowest BCUT2D eigenvalue weighted by atomic mass is 10.1. The normalized spacial score (nSPS) is 20.1. The molecule has 116 valence electrons. The third kappa shape index (κ3) is 4.33. The quantitative estimate of drug-likeness (QED) is 0.898. The summed E-state index contributed by atoms with van der Waals surface area (Å²) in [5.41, 5.74) is 5.80. The first-order valence-corrected chi connectivity index (χ1v) is 7.44. The minimum absolute atomic E-state index is 0.0580. The summed E-state index contributed by atoms with van der Waals surface area (Å²) in [6.07, 6.45) is 1.73. The zero-order valence-corrected chi connectivity index (χ0v) is 12.9. The molecule has 0 saturated carbocycles. The Morgan fingerprint density at radius 2 is 2.29 bits per heavy atom. The van der Waals surface area contributed by atoms with Crippen LogP contribution < -0.4 is 10.5 Å². The number of para-hydroxylation sites is 1. The Morgan fingerprint density at radius 3 is 3.00 bits per heavy atom. The van der Waals surface area contributed by atoms with Crippen LogP contribution in [-0.4, -0.2) is 49.8 Å². The molecule has 5 nitrogen and oxygen atoms in total. The number of benzene rings is 1. The molecular weight excluding hydrogens is 292 g/mol. The monoisotopic (exact) mass is 312 g/mol. The minimum Gasteiger partial charge on any atom is -0.487 e. The Hall–Kier alpha value is -1.30. The molecule has 0 aliphatic carbocycles. The second-order valence-electron chi connectivity index (χ2n) is 5.16. The summed E-state index contributed by atoms with van der Waals surface area (Å²) in [4.78, 5) is 13.9. The highest BCUT2D eigenvalue weighted by atomic mass is 35.5. The number of piperidine rings is 1. The van der Waals surface area contributed by atoms with E-state index in [1.807, 2.05) is 18.2 Å². The largest absolute Gasteiger partial charge is 0.487 e. The van der Waals surface area contributed by atoms with Crippen molar-refractivity contribution in [1.82, 2.24) is 4.90 Å². The van der Waals surface area contributed by atoms with Crippen molar-refractivity contribution in [1.29, 1.82) is 0 Å². The van der Waals surface area contributed by atoms with E-state index in [9.17, 15) is 4.79 Å². The van der Waals surface area contributed by atoms with Crippen LogP contribution in [0.25, 0.3) is 0 Å². The highest BCUT2D eigenvalue weighted by Gasteiger charge is 2.28. The first-order chi connectivity index (χ1) is 10.1. The van der Waals surface area contributed by atoms with Crippen LogP contribution in [0.3, 0.4) is 0 Å². The molecule has 1 aromatic carbocycles. The number of methoxy groups -OCH3 is 1. The summed E-state index contributed by atoms with van der Waals surface area (Å²) in [6, 6.07) is 6.74. The SMILES string of the molecule is COCC(N)C(=O)N1CCCC(Oc2ccccc2Cl)C1. The summed E-state index contributed by atoms with van der Waals surface area (Å²) in [5, 5.41) is 0.581. The molecular formula is C15H21ClN2O3. The lowest BCUT2D eigenvalue weighted by Gasteiger charge is -2.34. The molecule has 0 spiro atoms. The second-order valence-corrected chi connectivity index (χ2v) is 5.57. The molecule has 1 fully saturated rings. The van der Waals surface area contributed by atoms with Crippen LogP contribution in [0.4, 0.5) is 0 Å². The van der Waals surface area contributed by atoms with E-state index < -0.39 is 6.04 Å². The van der Waals surface area contributed by atoms with Gasteiger partial charge in [0, 0.05) is 13.7 Å². The number of amides is 1. The molecule has 1 aromatic rings. The van der Waals surface area contributed by atoms with E-state index in [-0.39, 0.29) is 18.6 Å². The fourth-order valence-electron chi connectivity index (χ4n) is 2.44. The molecule has 1 aliphatic rings. The summed E-state index contributed by atoms with van der Waals surface area (Å²) in [6.45, 7) is 1.46. The lowest BCUT2D eigenvalue weighted by molar-refractivity contribution is -0.136. The topological polar surface area (TPSA) is 64.8 Å². The summed E-state index contributed by atoms with van der Waals surface area (Å²) in [5.74, 6) is 0.559. The van der Waals surface area contributed by atoms with Crippen molar-refractivity contribution in [2.45, 2.75) is 25.0 Å². The predicted molar refractivity (Wildman–Crippen MR) is 81.5 cm³/mol. The molecule has 0 bridgehead atoms. The Labute approximate surface area is 130 Å². The zero-order valence-electron chi connectivity index (χ0n) is 12.1. The van der Waals surface area contributed by atoms with E-state index in [0.717, 1.165) is 12.8 Å². The van der Waals surface area contributed by atoms with Crippen LogP contribution in [0.1, 0.15) is 12.8 Å². The van der Waals surface area contributed by atoms with Gasteiger partial charge in [-0.15, -0.1) is 0 Å². The molecule has 0 aromatic heterocycles. The number of nitrogens with zero attached hydrogens (tertiary/aromatic N) is 1. The van der Waals surface area contributed by atoms with E-state index >= 15 is 0 Å². The van der Waals surface area contributed by atoms with Gasteiger partial charge in [0.15, 0.2) is 0 Å². The minimum atomic E-state index is -0.617. The number of ether oxygens (including phenoxy) is 2. The van der Waals surface area contributed by atoms with Crippen molar-refractivity contribution in [3.8, 4) is 5.75 Å². The number of hydrogen-bond acceptors (Lipinski definition) is 4. The maximum Gasteiger partial charge on any atom is 0.242 e. The Bertz CT molecular complexity index is 484. The summed E-state index contributed by atoms with van der Waals surface area (Å²) < 4.78 is 10.8. The van der Waals surface area contributed by atoms with Crippen molar-refractivity contribution in [2.75, 3.05) is 26.8 Å². The average molecular weight is 313 g/mol. The van der Waals surface area contributed by atoms with Crippen LogP contribution >= 0.6 is 11.6 Å². The number of hydrogen-bond donors (Lipinski definition) is 1. The Balaban J connectivity index is 1.95. The summed E-state index contributed by atoms with van der Waals surface area (Å²) in [7, 11) is 1.53. The number of rotatable bonds is 5. The maximum atomic E-state index is 12.2. The Morgan fingerprint density at radius 1 is 1.52 bits per heavy atom. The van der Waals surface area contributed by atoms with Crippen LogP contribution in [-0.2, 0) is 9.53 Å². The van der Waals surface area contributed by atoms with Crippen LogP contribution in [0.5, 0.6) is 5.75 Å². The number of carbonyl (C=O) groups excluding carboxylic acids is 1. The standard InChI is InChI=1S/C15H21ClN2O3/c1-20-10-13(17)15(19)18-8-4-5-11(9-18)21-14-7-3-2-6-12(14)16/h2-3,6-7,11,13H,4-5,8-10,17H2,1H3. The first-order valence-electron chi connectivity index (χ1n) is 7.06. The molecule has 1 amide bonds. The summed E-state index contributed by atoms with van der Waals surface area (Å²) >= 11 is 6.09. The first kappa shape index (κ1) is 16.1. The fraction of sp³-hybridized carbons (Fsp3) is 0.533. The van der Waals surface area contributed by atoms with E-state index in [0.29, 0.717) is 23.9 Å². The van der Waals surface area contributed by atoms with Gasteiger partial charge in [-0.25, -0.2) is 0 Å². The second kappa shape index (κ2) is 7.64. The van der Waals surface area contributed by atoms with E-state index in [4.69, 9.17) is 26.8 Å². The van der Waals surface area contributed by atoms with Gasteiger partial charge in [0.2, 0.25) is 5.91 Å². The van der Waals surface area contributed by atoms with Crippen molar-refractivity contribution < 1.29 is 14.3 Å². The van der Waals surface area contributed by atoms with Gasteiger partial charge < -0.3 is 20.1 Å². The van der Waals surface area contributed by atoms with Crippen LogP contribution in [0.15, 0.2) is 24.3 Å². The number of nitrogens with two attached hydrogens (primary N) is 1. The average Bonchev–Trinajstić information content (AvgIpc) is 2.49. The van der Waals surface area contributed by atoms with Gasteiger partial charge in [-0.3, -0.25) is 4.79 Å². The number of carbonyl (C=O) groups is 1. The van der Waals surface area contributed by atoms with Gasteiger partial charge in [-0.05, 0) is 25.0 Å². The molecule has 2 atom stereocenters. The molecule has 21 heavy (non-hydrogen) atoms.